The van der Waals surface area contributed by atoms with Gasteiger partial charge in [-0.25, -0.2) is 0 Å². The Balaban J connectivity index is 1.82. The number of thiophene rings is 1. The molecule has 0 bridgehead atoms. The van der Waals surface area contributed by atoms with Crippen molar-refractivity contribution in [2.75, 3.05) is 19.8 Å². The molecule has 76 valence electrons. The Morgan fingerprint density at radius 2 is 2.43 bits per heavy atom. The number of carbonyl (C=O) groups excluding carboxylic acids is 1. The number of hydrogen-bond acceptors (Lipinski definition) is 4. The molecule has 1 saturated heterocycles. The van der Waals surface area contributed by atoms with Crippen molar-refractivity contribution in [1.82, 2.24) is 0 Å². The predicted molar refractivity (Wildman–Crippen MR) is 54.2 cm³/mol. The topological polar surface area (TPSA) is 35.5 Å². The number of hydrogen-bond donors (Lipinski definition) is 0. The molecule has 0 aliphatic carbocycles. The van der Waals surface area contributed by atoms with E-state index in [-0.39, 0.29) is 18.5 Å². The maximum Gasteiger partial charge on any atom is 0.198 e. The number of Topliss-reactive ketones (excluding diaryl/α,β-unsaturated/α-hetero) is 1. The molecule has 1 aromatic rings. The molecule has 2 heterocycles. The van der Waals surface area contributed by atoms with Crippen molar-refractivity contribution in [2.45, 2.75) is 6.10 Å². The molecule has 0 spiro atoms. The van der Waals surface area contributed by atoms with Crippen LogP contribution in [0.3, 0.4) is 0 Å². The molecule has 14 heavy (non-hydrogen) atoms. The van der Waals surface area contributed by atoms with Gasteiger partial charge in [-0.05, 0) is 12.1 Å². The molecule has 0 unspecified atom stereocenters. The van der Waals surface area contributed by atoms with Crippen molar-refractivity contribution in [3.63, 3.8) is 0 Å². The van der Waals surface area contributed by atoms with Crippen LogP contribution in [0.25, 0.3) is 0 Å². The van der Waals surface area contributed by atoms with E-state index in [0.717, 1.165) is 0 Å². The van der Waals surface area contributed by atoms with Crippen molar-refractivity contribution in [3.05, 3.63) is 21.3 Å². The lowest BCUT2D eigenvalue weighted by molar-refractivity contribution is -0.123. The lowest BCUT2D eigenvalue weighted by Crippen LogP contribution is -2.37. The first-order valence-corrected chi connectivity index (χ1v) is 5.43. The Hall–Kier alpha value is -0.420. The first kappa shape index (κ1) is 10.1. The van der Waals surface area contributed by atoms with Crippen LogP contribution in [0.4, 0.5) is 0 Å². The van der Waals surface area contributed by atoms with Crippen LogP contribution in [0, 0.1) is 0 Å². The largest absolute Gasteiger partial charge is 0.376 e. The van der Waals surface area contributed by atoms with E-state index in [9.17, 15) is 4.79 Å². The second kappa shape index (κ2) is 4.40. The standard InChI is InChI=1S/C9H9ClO3S/c10-9-2-1-8(14-9)7(11)5-13-6-3-12-4-6/h1-2,6H,3-5H2. The fourth-order valence-electron chi connectivity index (χ4n) is 1.04. The van der Waals surface area contributed by atoms with Gasteiger partial charge in [0, 0.05) is 0 Å². The van der Waals surface area contributed by atoms with Gasteiger partial charge in [0.15, 0.2) is 5.78 Å². The number of rotatable bonds is 4. The third-order valence-corrected chi connectivity index (χ3v) is 3.18. The first-order valence-electron chi connectivity index (χ1n) is 4.23. The average molecular weight is 233 g/mol. The minimum atomic E-state index is -0.0196. The zero-order valence-electron chi connectivity index (χ0n) is 7.36. The predicted octanol–water partition coefficient (Wildman–Crippen LogP) is 2.00. The summed E-state index contributed by atoms with van der Waals surface area (Å²) in [4.78, 5) is 12.1. The molecule has 0 amide bonds. The van der Waals surface area contributed by atoms with Crippen molar-refractivity contribution in [1.29, 1.82) is 0 Å². The summed E-state index contributed by atoms with van der Waals surface area (Å²) in [5, 5.41) is 0. The highest BCUT2D eigenvalue weighted by Crippen LogP contribution is 2.22. The van der Waals surface area contributed by atoms with Crippen molar-refractivity contribution in [3.8, 4) is 0 Å². The van der Waals surface area contributed by atoms with Crippen LogP contribution in [0.15, 0.2) is 12.1 Å². The summed E-state index contributed by atoms with van der Waals surface area (Å²) in [6.45, 7) is 1.31. The van der Waals surface area contributed by atoms with E-state index in [0.29, 0.717) is 22.4 Å². The Labute approximate surface area is 90.6 Å². The van der Waals surface area contributed by atoms with E-state index >= 15 is 0 Å². The average Bonchev–Trinajstić information content (AvgIpc) is 2.49. The van der Waals surface area contributed by atoms with Crippen LogP contribution in [0.1, 0.15) is 9.67 Å². The number of carbonyl (C=O) groups is 1. The van der Waals surface area contributed by atoms with E-state index in [1.807, 2.05) is 0 Å². The van der Waals surface area contributed by atoms with Gasteiger partial charge < -0.3 is 9.47 Å². The second-order valence-corrected chi connectivity index (χ2v) is 4.71. The molecule has 1 aliphatic heterocycles. The summed E-state index contributed by atoms with van der Waals surface area (Å²) in [6, 6.07) is 3.43. The lowest BCUT2D eigenvalue weighted by atomic mass is 10.3. The lowest BCUT2D eigenvalue weighted by Gasteiger charge is -2.25. The monoisotopic (exact) mass is 232 g/mol. The van der Waals surface area contributed by atoms with Gasteiger partial charge in [-0.1, -0.05) is 11.6 Å². The van der Waals surface area contributed by atoms with Crippen LogP contribution in [-0.4, -0.2) is 31.7 Å². The van der Waals surface area contributed by atoms with Crippen LogP contribution in [-0.2, 0) is 9.47 Å². The number of halogens is 1. The fraction of sp³-hybridized carbons (Fsp3) is 0.444. The SMILES string of the molecule is O=C(COC1COC1)c1ccc(Cl)s1. The third-order valence-electron chi connectivity index (χ3n) is 1.91. The maximum atomic E-state index is 11.5. The van der Waals surface area contributed by atoms with Gasteiger partial charge in [0.25, 0.3) is 0 Å². The van der Waals surface area contributed by atoms with E-state index in [2.05, 4.69) is 0 Å². The molecule has 1 fully saturated rings. The number of ketones is 1. The van der Waals surface area contributed by atoms with Crippen LogP contribution >= 0.6 is 22.9 Å². The molecule has 3 nitrogen and oxygen atoms in total. The van der Waals surface area contributed by atoms with Gasteiger partial charge in [-0.15, -0.1) is 11.3 Å². The molecular weight excluding hydrogens is 224 g/mol. The van der Waals surface area contributed by atoms with E-state index < -0.39 is 0 Å². The van der Waals surface area contributed by atoms with Crippen molar-refractivity contribution >= 4 is 28.7 Å². The summed E-state index contributed by atoms with van der Waals surface area (Å²) < 4.78 is 10.8. The highest BCUT2D eigenvalue weighted by Gasteiger charge is 2.20. The Kier molecular flexibility index (Phi) is 3.18. The second-order valence-electron chi connectivity index (χ2n) is 3.00. The highest BCUT2D eigenvalue weighted by molar-refractivity contribution is 7.18. The molecule has 5 heteroatoms. The summed E-state index contributed by atoms with van der Waals surface area (Å²) >= 11 is 6.99. The zero-order chi connectivity index (χ0) is 9.97. The zero-order valence-corrected chi connectivity index (χ0v) is 8.94. The van der Waals surface area contributed by atoms with Gasteiger partial charge in [0.2, 0.25) is 0 Å². The van der Waals surface area contributed by atoms with Crippen molar-refractivity contribution < 1.29 is 14.3 Å². The van der Waals surface area contributed by atoms with Gasteiger partial charge in [-0.3, -0.25) is 4.79 Å². The molecule has 1 aromatic heterocycles. The maximum absolute atomic E-state index is 11.5. The molecule has 0 N–H and O–H groups in total. The minimum absolute atomic E-state index is 0.0196. The van der Waals surface area contributed by atoms with Gasteiger partial charge in [-0.2, -0.15) is 0 Å². The Morgan fingerprint density at radius 3 is 2.93 bits per heavy atom. The molecule has 0 aromatic carbocycles. The minimum Gasteiger partial charge on any atom is -0.376 e. The smallest absolute Gasteiger partial charge is 0.198 e. The van der Waals surface area contributed by atoms with E-state index in [4.69, 9.17) is 21.1 Å². The molecule has 1 aliphatic rings. The van der Waals surface area contributed by atoms with Gasteiger partial charge in [0.1, 0.15) is 12.7 Å². The summed E-state index contributed by atoms with van der Waals surface area (Å²) in [5.41, 5.74) is 0. The normalized spacial score (nSPS) is 16.6. The van der Waals surface area contributed by atoms with Crippen LogP contribution in [0.2, 0.25) is 4.34 Å². The summed E-state index contributed by atoms with van der Waals surface area (Å²) in [6.07, 6.45) is 0.0920. The third kappa shape index (κ3) is 2.33. The molecule has 0 atom stereocenters. The van der Waals surface area contributed by atoms with Crippen LogP contribution < -0.4 is 0 Å². The van der Waals surface area contributed by atoms with Gasteiger partial charge in [0.05, 0.1) is 22.4 Å². The first-order chi connectivity index (χ1) is 6.75. The van der Waals surface area contributed by atoms with E-state index in [1.54, 1.807) is 12.1 Å². The molecular formula is C9H9ClO3S. The summed E-state index contributed by atoms with van der Waals surface area (Å²) in [5.74, 6) is -0.0196. The van der Waals surface area contributed by atoms with Crippen molar-refractivity contribution in [2.24, 2.45) is 0 Å². The quantitative estimate of drug-likeness (QED) is 0.745. The van der Waals surface area contributed by atoms with Crippen LogP contribution in [0.5, 0.6) is 0 Å². The molecule has 2 rings (SSSR count). The molecule has 0 saturated carbocycles. The fourth-order valence-corrected chi connectivity index (χ4v) is 2.01. The molecule has 0 radical (unpaired) electrons. The Bertz CT molecular complexity index is 333. The summed E-state index contributed by atoms with van der Waals surface area (Å²) in [7, 11) is 0. The number of ether oxygens (including phenoxy) is 2. The highest BCUT2D eigenvalue weighted by atomic mass is 35.5. The van der Waals surface area contributed by atoms with Gasteiger partial charge >= 0.3 is 0 Å². The van der Waals surface area contributed by atoms with E-state index in [1.165, 1.54) is 11.3 Å². The Morgan fingerprint density at radius 1 is 1.64 bits per heavy atom.